The second kappa shape index (κ2) is 5.72. The van der Waals surface area contributed by atoms with E-state index >= 15 is 0 Å². The molecule has 1 aliphatic heterocycles. The van der Waals surface area contributed by atoms with Gasteiger partial charge in [-0.15, -0.1) is 0 Å². The summed E-state index contributed by atoms with van der Waals surface area (Å²) in [5, 5.41) is 11.3. The zero-order valence-corrected chi connectivity index (χ0v) is 13.0. The molecule has 5 nitrogen and oxygen atoms in total. The second-order valence-corrected chi connectivity index (χ2v) is 6.75. The maximum atomic E-state index is 12.4. The van der Waals surface area contributed by atoms with Crippen molar-refractivity contribution in [3.8, 4) is 0 Å². The van der Waals surface area contributed by atoms with Gasteiger partial charge in [-0.25, -0.2) is 0 Å². The van der Waals surface area contributed by atoms with Crippen LogP contribution in [0, 0.1) is 5.92 Å². The molecule has 1 amide bonds. The third-order valence-electron chi connectivity index (χ3n) is 4.62. The molecule has 1 N–H and O–H groups in total. The molecule has 2 heterocycles. The summed E-state index contributed by atoms with van der Waals surface area (Å²) in [6, 6.07) is 2.65. The number of nitrogens with zero attached hydrogens (tertiary/aromatic N) is 3. The van der Waals surface area contributed by atoms with E-state index in [1.807, 2.05) is 6.07 Å². The van der Waals surface area contributed by atoms with Crippen LogP contribution in [0.5, 0.6) is 0 Å². The Kier molecular flexibility index (Phi) is 3.93. The number of likely N-dealkylation sites (tertiary alicyclic amines) is 1. The molecule has 2 aliphatic rings. The number of carbonyl (C=O) groups is 1. The van der Waals surface area contributed by atoms with Crippen molar-refractivity contribution in [2.75, 3.05) is 13.1 Å². The molecule has 114 valence electrons. The lowest BCUT2D eigenvalue weighted by atomic mass is 10.1. The van der Waals surface area contributed by atoms with E-state index < -0.39 is 0 Å². The highest BCUT2D eigenvalue weighted by atomic mass is 16.1. The quantitative estimate of drug-likeness (QED) is 0.918. The molecule has 1 saturated carbocycles. The van der Waals surface area contributed by atoms with Gasteiger partial charge < -0.3 is 5.32 Å². The van der Waals surface area contributed by atoms with Gasteiger partial charge in [0.25, 0.3) is 5.91 Å². The lowest BCUT2D eigenvalue weighted by Gasteiger charge is -2.20. The number of rotatable bonds is 4. The lowest BCUT2D eigenvalue weighted by Crippen LogP contribution is -2.40. The lowest BCUT2D eigenvalue weighted by molar-refractivity contribution is 0.0930. The zero-order chi connectivity index (χ0) is 15.0. The van der Waals surface area contributed by atoms with E-state index in [9.17, 15) is 4.79 Å². The molecule has 2 fully saturated rings. The van der Waals surface area contributed by atoms with Crippen molar-refractivity contribution in [3.63, 3.8) is 0 Å². The first-order valence-electron chi connectivity index (χ1n) is 7.92. The number of aromatic nitrogens is 2. The standard InChI is InChI=1S/C16H24N4O/c1-10(2)20-8-11(3)15(9-20)18-16(21)13-6-14(12-4-5-12)19-17-7-13/h6-7,10-12,15H,4-5,8-9H2,1-3H3,(H,18,21). The first-order valence-corrected chi connectivity index (χ1v) is 7.92. The van der Waals surface area contributed by atoms with E-state index in [0.29, 0.717) is 23.4 Å². The summed E-state index contributed by atoms with van der Waals surface area (Å²) in [5.74, 6) is 0.982. The Morgan fingerprint density at radius 3 is 2.76 bits per heavy atom. The van der Waals surface area contributed by atoms with Crippen molar-refractivity contribution in [2.24, 2.45) is 5.92 Å². The first-order chi connectivity index (χ1) is 10.0. The molecular weight excluding hydrogens is 264 g/mol. The highest BCUT2D eigenvalue weighted by Gasteiger charge is 2.32. The fourth-order valence-corrected chi connectivity index (χ4v) is 2.95. The number of amides is 1. The van der Waals surface area contributed by atoms with Gasteiger partial charge >= 0.3 is 0 Å². The molecule has 3 rings (SSSR count). The van der Waals surface area contributed by atoms with Gasteiger partial charge in [-0.05, 0) is 38.7 Å². The van der Waals surface area contributed by atoms with Gasteiger partial charge in [-0.2, -0.15) is 10.2 Å². The van der Waals surface area contributed by atoms with Gasteiger partial charge in [0.1, 0.15) is 0 Å². The highest BCUT2D eigenvalue weighted by molar-refractivity contribution is 5.94. The highest BCUT2D eigenvalue weighted by Crippen LogP contribution is 2.38. The SMILES string of the molecule is CC1CN(C(C)C)CC1NC(=O)c1cnnc(C2CC2)c1. The van der Waals surface area contributed by atoms with Crippen molar-refractivity contribution in [2.45, 2.75) is 51.6 Å². The predicted octanol–water partition coefficient (Wildman–Crippen LogP) is 1.81. The van der Waals surface area contributed by atoms with Crippen LogP contribution in [0.15, 0.2) is 12.3 Å². The summed E-state index contributed by atoms with van der Waals surface area (Å²) in [7, 11) is 0. The average molecular weight is 288 g/mol. The third kappa shape index (κ3) is 3.23. The molecule has 1 aromatic heterocycles. The van der Waals surface area contributed by atoms with Gasteiger partial charge in [0.05, 0.1) is 17.5 Å². The minimum Gasteiger partial charge on any atom is -0.348 e. The Morgan fingerprint density at radius 1 is 1.38 bits per heavy atom. The van der Waals surface area contributed by atoms with E-state index in [1.54, 1.807) is 6.20 Å². The first kappa shape index (κ1) is 14.4. The molecule has 2 unspecified atom stereocenters. The van der Waals surface area contributed by atoms with Gasteiger partial charge in [0, 0.05) is 31.1 Å². The summed E-state index contributed by atoms with van der Waals surface area (Å²) < 4.78 is 0. The maximum Gasteiger partial charge on any atom is 0.253 e. The van der Waals surface area contributed by atoms with Crippen LogP contribution in [0.2, 0.25) is 0 Å². The molecule has 1 aliphatic carbocycles. The maximum absolute atomic E-state index is 12.4. The van der Waals surface area contributed by atoms with E-state index in [0.717, 1.165) is 18.8 Å². The third-order valence-corrected chi connectivity index (χ3v) is 4.62. The molecule has 0 radical (unpaired) electrons. The van der Waals surface area contributed by atoms with Gasteiger partial charge in [-0.3, -0.25) is 9.69 Å². The zero-order valence-electron chi connectivity index (χ0n) is 13.0. The minimum atomic E-state index is -0.0192. The fraction of sp³-hybridized carbons (Fsp3) is 0.688. The van der Waals surface area contributed by atoms with Crippen LogP contribution in [0.25, 0.3) is 0 Å². The number of carbonyl (C=O) groups excluding carboxylic acids is 1. The van der Waals surface area contributed by atoms with Crippen LogP contribution in [0.4, 0.5) is 0 Å². The van der Waals surface area contributed by atoms with Crippen LogP contribution in [0.3, 0.4) is 0 Å². The fourth-order valence-electron chi connectivity index (χ4n) is 2.95. The van der Waals surface area contributed by atoms with Crippen LogP contribution in [-0.4, -0.2) is 46.2 Å². The van der Waals surface area contributed by atoms with Crippen LogP contribution in [0.1, 0.15) is 55.6 Å². The van der Waals surface area contributed by atoms with Crippen molar-refractivity contribution in [3.05, 3.63) is 23.5 Å². The normalized spacial score (nSPS) is 26.3. The summed E-state index contributed by atoms with van der Waals surface area (Å²) in [6.07, 6.45) is 3.91. The Hall–Kier alpha value is -1.49. The minimum absolute atomic E-state index is 0.0192. The smallest absolute Gasteiger partial charge is 0.253 e. The molecule has 2 atom stereocenters. The van der Waals surface area contributed by atoms with Gasteiger partial charge in [0.15, 0.2) is 0 Å². The summed E-state index contributed by atoms with van der Waals surface area (Å²) in [6.45, 7) is 8.58. The molecular formula is C16H24N4O. The monoisotopic (exact) mass is 288 g/mol. The van der Waals surface area contributed by atoms with Crippen molar-refractivity contribution >= 4 is 5.91 Å². The van der Waals surface area contributed by atoms with E-state index in [2.05, 4.69) is 41.2 Å². The Balaban J connectivity index is 1.64. The summed E-state index contributed by atoms with van der Waals surface area (Å²) in [5.41, 5.74) is 1.60. The molecule has 0 spiro atoms. The second-order valence-electron chi connectivity index (χ2n) is 6.75. The molecule has 5 heteroatoms. The number of hydrogen-bond donors (Lipinski definition) is 1. The van der Waals surface area contributed by atoms with E-state index in [-0.39, 0.29) is 11.9 Å². The molecule has 1 aromatic rings. The molecule has 0 aromatic carbocycles. The Bertz CT molecular complexity index is 527. The van der Waals surface area contributed by atoms with E-state index in [1.165, 1.54) is 12.8 Å². The largest absolute Gasteiger partial charge is 0.348 e. The molecule has 21 heavy (non-hydrogen) atoms. The van der Waals surface area contributed by atoms with Crippen molar-refractivity contribution in [1.82, 2.24) is 20.4 Å². The Labute approximate surface area is 126 Å². The van der Waals surface area contributed by atoms with Crippen molar-refractivity contribution < 1.29 is 4.79 Å². The van der Waals surface area contributed by atoms with Gasteiger partial charge in [-0.1, -0.05) is 6.92 Å². The molecule has 1 saturated heterocycles. The number of nitrogens with one attached hydrogen (secondary N) is 1. The average Bonchev–Trinajstić information content (AvgIpc) is 3.24. The van der Waals surface area contributed by atoms with Crippen LogP contribution >= 0.6 is 0 Å². The van der Waals surface area contributed by atoms with Crippen LogP contribution < -0.4 is 5.32 Å². The Morgan fingerprint density at radius 2 is 2.14 bits per heavy atom. The van der Waals surface area contributed by atoms with Crippen molar-refractivity contribution in [1.29, 1.82) is 0 Å². The topological polar surface area (TPSA) is 58.1 Å². The number of hydrogen-bond acceptors (Lipinski definition) is 4. The van der Waals surface area contributed by atoms with Crippen LogP contribution in [-0.2, 0) is 0 Å². The molecule has 0 bridgehead atoms. The van der Waals surface area contributed by atoms with E-state index in [4.69, 9.17) is 0 Å². The van der Waals surface area contributed by atoms with Gasteiger partial charge in [0.2, 0.25) is 0 Å². The summed E-state index contributed by atoms with van der Waals surface area (Å²) in [4.78, 5) is 14.8. The predicted molar refractivity (Wildman–Crippen MR) is 81.1 cm³/mol. The summed E-state index contributed by atoms with van der Waals surface area (Å²) >= 11 is 0.